The van der Waals surface area contributed by atoms with Crippen molar-refractivity contribution in [3.63, 3.8) is 0 Å². The van der Waals surface area contributed by atoms with E-state index in [0.717, 1.165) is 95.8 Å². The van der Waals surface area contributed by atoms with Gasteiger partial charge in [-0.15, -0.1) is 21.5 Å². The number of hydrogen-bond donors (Lipinski definition) is 1. The van der Waals surface area contributed by atoms with Gasteiger partial charge in [-0.1, -0.05) is 0 Å². The quantitative estimate of drug-likeness (QED) is 0.206. The normalized spacial score (nSPS) is 18.1. The van der Waals surface area contributed by atoms with Crippen molar-refractivity contribution in [3.8, 4) is 21.9 Å². The highest BCUT2D eigenvalue weighted by Gasteiger charge is 2.45. The van der Waals surface area contributed by atoms with E-state index in [4.69, 9.17) is 14.1 Å². The second-order valence-electron chi connectivity index (χ2n) is 12.0. The van der Waals surface area contributed by atoms with Crippen LogP contribution in [0.25, 0.3) is 32.0 Å². The van der Waals surface area contributed by atoms with E-state index >= 15 is 0 Å². The van der Waals surface area contributed by atoms with Gasteiger partial charge < -0.3 is 19.4 Å². The van der Waals surface area contributed by atoms with Crippen molar-refractivity contribution in [3.05, 3.63) is 71.0 Å². The third kappa shape index (κ3) is 5.15. The zero-order chi connectivity index (χ0) is 30.5. The summed E-state index contributed by atoms with van der Waals surface area (Å²) in [5.41, 5.74) is 4.67. The number of carbonyl (C=O) groups excluding carboxylic acids is 1. The number of ether oxygens (including phenoxy) is 1. The van der Waals surface area contributed by atoms with Crippen molar-refractivity contribution in [1.82, 2.24) is 30.0 Å². The molecule has 0 aromatic carbocycles. The van der Waals surface area contributed by atoms with Crippen LogP contribution in [0.2, 0.25) is 0 Å². The van der Waals surface area contributed by atoms with E-state index in [1.807, 2.05) is 11.0 Å². The minimum Gasteiger partial charge on any atom is -0.421 e. The number of anilines is 1. The Kier molecular flexibility index (Phi) is 7.25. The number of pyridine rings is 3. The van der Waals surface area contributed by atoms with Gasteiger partial charge in [0, 0.05) is 56.1 Å². The minimum absolute atomic E-state index is 0.0102. The van der Waals surface area contributed by atoms with E-state index in [0.29, 0.717) is 41.2 Å². The lowest BCUT2D eigenvalue weighted by Crippen LogP contribution is -2.22. The Hall–Kier alpha value is -4.29. The molecule has 1 atom stereocenters. The SMILES string of the molecule is Cc1nnc(-c2c(CCC3CCOCC3)nc3c(c2-c2cc4ccnc(NCc5cncc(F)c5)c4s2)C(=O)N2CCCC32)o1. The molecule has 8 heterocycles. The predicted octanol–water partition coefficient (Wildman–Crippen LogP) is 6.51. The standard InChI is InChI=1S/C33H32FN7O3S/c1-18-39-40-32(44-18)26-23(5-4-19-7-11-43-12-8-19)38-29-24-3-2-10-41(24)33(42)28(29)27(26)25-14-21-6-9-36-31(30(21)45-25)37-16-20-13-22(34)17-35-15-20/h6,9,13-15,17,19,24H,2-5,7-8,10-12,16H2,1H3,(H,36,37). The lowest BCUT2D eigenvalue weighted by atomic mass is 9.90. The van der Waals surface area contributed by atoms with E-state index in [9.17, 15) is 9.18 Å². The third-order valence-electron chi connectivity index (χ3n) is 9.11. The number of fused-ring (bicyclic) bond motifs is 4. The third-order valence-corrected chi connectivity index (χ3v) is 10.3. The lowest BCUT2D eigenvalue weighted by Gasteiger charge is -2.22. The zero-order valence-corrected chi connectivity index (χ0v) is 25.7. The molecule has 3 aliphatic rings. The molecule has 0 bridgehead atoms. The molecule has 0 spiro atoms. The molecule has 45 heavy (non-hydrogen) atoms. The minimum atomic E-state index is -0.382. The number of nitrogens with zero attached hydrogens (tertiary/aromatic N) is 6. The van der Waals surface area contributed by atoms with Crippen LogP contribution in [0.5, 0.6) is 0 Å². The van der Waals surface area contributed by atoms with E-state index in [1.165, 1.54) is 12.3 Å². The van der Waals surface area contributed by atoms with Crippen molar-refractivity contribution in [2.75, 3.05) is 25.1 Å². The highest BCUT2D eigenvalue weighted by molar-refractivity contribution is 7.23. The zero-order valence-electron chi connectivity index (χ0n) is 24.9. The Bertz CT molecular complexity index is 1920. The van der Waals surface area contributed by atoms with Crippen LogP contribution in [-0.4, -0.2) is 55.7 Å². The maximum absolute atomic E-state index is 14.1. The second-order valence-corrected chi connectivity index (χ2v) is 13.1. The average molecular weight is 626 g/mol. The molecular formula is C33H32FN7O3S. The van der Waals surface area contributed by atoms with Gasteiger partial charge in [0.2, 0.25) is 11.8 Å². The Morgan fingerprint density at radius 1 is 1.11 bits per heavy atom. The van der Waals surface area contributed by atoms with Crippen molar-refractivity contribution < 1.29 is 18.3 Å². The molecule has 1 unspecified atom stereocenters. The molecule has 0 aliphatic carbocycles. The monoisotopic (exact) mass is 625 g/mol. The first-order chi connectivity index (χ1) is 22.0. The number of thiophene rings is 1. The number of nitrogens with one attached hydrogen (secondary N) is 1. The molecule has 8 rings (SSSR count). The smallest absolute Gasteiger partial charge is 0.257 e. The summed E-state index contributed by atoms with van der Waals surface area (Å²) in [5.74, 6) is 1.70. The largest absolute Gasteiger partial charge is 0.421 e. The van der Waals surface area contributed by atoms with Crippen LogP contribution in [0.15, 0.2) is 41.2 Å². The van der Waals surface area contributed by atoms with E-state index in [2.05, 4.69) is 31.5 Å². The Balaban J connectivity index is 1.28. The number of rotatable bonds is 8. The molecule has 1 amide bonds. The molecule has 1 N–H and O–H groups in total. The number of halogens is 1. The fourth-order valence-electron chi connectivity index (χ4n) is 6.93. The van der Waals surface area contributed by atoms with Gasteiger partial charge in [-0.05, 0) is 73.6 Å². The van der Waals surface area contributed by atoms with E-state index in [-0.39, 0.29) is 17.8 Å². The van der Waals surface area contributed by atoms with Crippen molar-refractivity contribution in [1.29, 1.82) is 0 Å². The van der Waals surface area contributed by atoms with Gasteiger partial charge in [-0.25, -0.2) is 9.37 Å². The molecule has 0 saturated carbocycles. The molecule has 5 aromatic heterocycles. The number of aryl methyl sites for hydroxylation is 2. The first kappa shape index (κ1) is 28.2. The van der Waals surface area contributed by atoms with Crippen LogP contribution < -0.4 is 5.32 Å². The summed E-state index contributed by atoms with van der Waals surface area (Å²) in [7, 11) is 0. The fraction of sp³-hybridized carbons (Fsp3) is 0.394. The average Bonchev–Trinajstić information content (AvgIpc) is 3.85. The van der Waals surface area contributed by atoms with Gasteiger partial charge in [0.1, 0.15) is 11.6 Å². The van der Waals surface area contributed by atoms with E-state index in [1.54, 1.807) is 30.7 Å². The van der Waals surface area contributed by atoms with Gasteiger partial charge in [0.15, 0.2) is 0 Å². The number of carbonyl (C=O) groups is 1. The second kappa shape index (κ2) is 11.6. The summed E-state index contributed by atoms with van der Waals surface area (Å²) in [4.78, 5) is 30.8. The van der Waals surface area contributed by atoms with Gasteiger partial charge in [-0.2, -0.15) is 0 Å². The molecule has 2 saturated heterocycles. The highest BCUT2D eigenvalue weighted by Crippen LogP contribution is 2.50. The summed E-state index contributed by atoms with van der Waals surface area (Å²) in [6, 6.07) is 5.52. The van der Waals surface area contributed by atoms with Crippen LogP contribution in [0.3, 0.4) is 0 Å². The summed E-state index contributed by atoms with van der Waals surface area (Å²) >= 11 is 1.56. The molecule has 5 aromatic rings. The molecule has 12 heteroatoms. The Morgan fingerprint density at radius 2 is 2.00 bits per heavy atom. The summed E-state index contributed by atoms with van der Waals surface area (Å²) in [6.07, 6.45) is 10.2. The van der Waals surface area contributed by atoms with Gasteiger partial charge in [0.05, 0.1) is 39.5 Å². The molecule has 10 nitrogen and oxygen atoms in total. The first-order valence-electron chi connectivity index (χ1n) is 15.5. The first-order valence-corrected chi connectivity index (χ1v) is 16.3. The highest BCUT2D eigenvalue weighted by atomic mass is 32.1. The summed E-state index contributed by atoms with van der Waals surface area (Å²) < 4.78 is 26.4. The number of amides is 1. The van der Waals surface area contributed by atoms with Crippen LogP contribution in [0.4, 0.5) is 10.2 Å². The van der Waals surface area contributed by atoms with Gasteiger partial charge >= 0.3 is 0 Å². The number of aromatic nitrogens is 5. The Labute approximate surface area is 263 Å². The van der Waals surface area contributed by atoms with Crippen molar-refractivity contribution in [2.24, 2.45) is 5.92 Å². The van der Waals surface area contributed by atoms with Crippen LogP contribution >= 0.6 is 11.3 Å². The molecule has 230 valence electrons. The fourth-order valence-corrected chi connectivity index (χ4v) is 8.11. The van der Waals surface area contributed by atoms with Crippen molar-refractivity contribution in [2.45, 2.75) is 58.0 Å². The molecule has 3 aliphatic heterocycles. The van der Waals surface area contributed by atoms with Crippen LogP contribution in [0.1, 0.15) is 71.3 Å². The van der Waals surface area contributed by atoms with E-state index < -0.39 is 0 Å². The van der Waals surface area contributed by atoms with Gasteiger partial charge in [0.25, 0.3) is 5.91 Å². The molecular weight excluding hydrogens is 593 g/mol. The van der Waals surface area contributed by atoms with Crippen molar-refractivity contribution >= 4 is 33.1 Å². The van der Waals surface area contributed by atoms with Crippen LogP contribution in [0, 0.1) is 18.7 Å². The maximum Gasteiger partial charge on any atom is 0.257 e. The van der Waals surface area contributed by atoms with Crippen LogP contribution in [-0.2, 0) is 17.7 Å². The predicted molar refractivity (Wildman–Crippen MR) is 167 cm³/mol. The maximum atomic E-state index is 14.1. The van der Waals surface area contributed by atoms with Gasteiger partial charge in [-0.3, -0.25) is 14.8 Å². The summed E-state index contributed by atoms with van der Waals surface area (Å²) in [5, 5.41) is 13.0. The topological polar surface area (TPSA) is 119 Å². The number of hydrogen-bond acceptors (Lipinski definition) is 10. The summed E-state index contributed by atoms with van der Waals surface area (Å²) in [6.45, 7) is 4.45. The lowest BCUT2D eigenvalue weighted by molar-refractivity contribution is 0.0639. The Morgan fingerprint density at radius 3 is 2.82 bits per heavy atom. The molecule has 0 radical (unpaired) electrons. The molecule has 2 fully saturated rings.